The summed E-state index contributed by atoms with van der Waals surface area (Å²) in [7, 11) is 1.27. The lowest BCUT2D eigenvalue weighted by atomic mass is 9.91. The number of hydrogen-bond acceptors (Lipinski definition) is 5. The average Bonchev–Trinajstić information content (AvgIpc) is 2.66. The topological polar surface area (TPSA) is 81.7 Å². The molecular weight excluding hydrogens is 322 g/mol. The Morgan fingerprint density at radius 1 is 1.12 bits per heavy atom. The Kier molecular flexibility index (Phi) is 4.79. The van der Waals surface area contributed by atoms with Crippen LogP contribution in [0.15, 0.2) is 54.6 Å². The predicted octanol–water partition coefficient (Wildman–Crippen LogP) is 1.97. The third-order valence-electron chi connectivity index (χ3n) is 4.11. The van der Waals surface area contributed by atoms with Crippen molar-refractivity contribution in [3.8, 4) is 0 Å². The summed E-state index contributed by atoms with van der Waals surface area (Å²) in [5.41, 5.74) is 1.57. The van der Waals surface area contributed by atoms with E-state index in [2.05, 4.69) is 5.32 Å². The molecule has 1 heterocycles. The molecule has 6 nitrogen and oxygen atoms in total. The highest BCUT2D eigenvalue weighted by Gasteiger charge is 2.34. The molecule has 0 spiro atoms. The van der Waals surface area contributed by atoms with Gasteiger partial charge in [-0.3, -0.25) is 4.79 Å². The van der Waals surface area contributed by atoms with Crippen LogP contribution in [0.5, 0.6) is 0 Å². The summed E-state index contributed by atoms with van der Waals surface area (Å²) < 4.78 is 9.90. The number of amides is 1. The molecule has 0 bridgehead atoms. The quantitative estimate of drug-likeness (QED) is 0.861. The van der Waals surface area contributed by atoms with Crippen LogP contribution in [-0.2, 0) is 19.1 Å². The molecule has 0 saturated carbocycles. The van der Waals surface area contributed by atoms with Crippen molar-refractivity contribution in [2.75, 3.05) is 13.7 Å². The maximum absolute atomic E-state index is 12.8. The van der Waals surface area contributed by atoms with E-state index in [1.54, 1.807) is 48.5 Å². The largest absolute Gasteiger partial charge is 0.467 e. The normalized spacial score (nSPS) is 17.0. The number of nitrogens with one attached hydrogen (secondary N) is 1. The molecule has 6 heteroatoms. The van der Waals surface area contributed by atoms with Crippen molar-refractivity contribution in [3.63, 3.8) is 0 Å². The van der Waals surface area contributed by atoms with Crippen LogP contribution in [0, 0.1) is 0 Å². The first-order valence-corrected chi connectivity index (χ1v) is 7.81. The van der Waals surface area contributed by atoms with Gasteiger partial charge in [0.1, 0.15) is 6.61 Å². The van der Waals surface area contributed by atoms with Gasteiger partial charge in [-0.05, 0) is 17.2 Å². The third kappa shape index (κ3) is 3.38. The van der Waals surface area contributed by atoms with E-state index in [0.717, 1.165) is 0 Å². The highest BCUT2D eigenvalue weighted by Crippen LogP contribution is 2.27. The summed E-state index contributed by atoms with van der Waals surface area (Å²) >= 11 is 0. The highest BCUT2D eigenvalue weighted by molar-refractivity contribution is 5.97. The van der Waals surface area contributed by atoms with Crippen molar-refractivity contribution in [2.45, 2.75) is 12.0 Å². The Morgan fingerprint density at radius 3 is 2.52 bits per heavy atom. The molecule has 0 saturated heterocycles. The zero-order valence-electron chi connectivity index (χ0n) is 13.6. The summed E-state index contributed by atoms with van der Waals surface area (Å²) in [5.74, 6) is -2.10. The van der Waals surface area contributed by atoms with E-state index in [1.165, 1.54) is 7.11 Å². The van der Waals surface area contributed by atoms with Crippen molar-refractivity contribution in [2.24, 2.45) is 0 Å². The summed E-state index contributed by atoms with van der Waals surface area (Å²) in [4.78, 5) is 36.7. The zero-order chi connectivity index (χ0) is 17.8. The Hall–Kier alpha value is -3.15. The molecule has 1 amide bonds. The van der Waals surface area contributed by atoms with Crippen LogP contribution in [0.4, 0.5) is 0 Å². The molecule has 0 aromatic heterocycles. The first-order chi connectivity index (χ1) is 12.1. The summed E-state index contributed by atoms with van der Waals surface area (Å²) in [6, 6.07) is 14.7. The van der Waals surface area contributed by atoms with E-state index in [-0.39, 0.29) is 6.61 Å². The Morgan fingerprint density at radius 2 is 1.80 bits per heavy atom. The molecule has 0 radical (unpaired) electrons. The summed E-state index contributed by atoms with van der Waals surface area (Å²) in [6.45, 7) is -0.0651. The van der Waals surface area contributed by atoms with Gasteiger partial charge in [0.15, 0.2) is 6.04 Å². The van der Waals surface area contributed by atoms with E-state index in [9.17, 15) is 14.4 Å². The molecule has 25 heavy (non-hydrogen) atoms. The maximum atomic E-state index is 12.8. The standard InChI is InChI=1S/C19H17NO5/c1-24-19(23)16(12-7-3-2-4-8-12)20-17(21)15-11-25-18(22)14-10-6-5-9-13(14)15/h2-10,15-16H,11H2,1H3,(H,20,21). The molecule has 1 aliphatic rings. The SMILES string of the molecule is COC(=O)C(NC(=O)C1COC(=O)c2ccccc21)c1ccccc1. The van der Waals surface area contributed by atoms with Gasteiger partial charge in [0.05, 0.1) is 18.6 Å². The number of hydrogen-bond donors (Lipinski definition) is 1. The van der Waals surface area contributed by atoms with Crippen molar-refractivity contribution in [1.29, 1.82) is 0 Å². The molecule has 1 aliphatic heterocycles. The van der Waals surface area contributed by atoms with E-state index < -0.39 is 29.8 Å². The molecule has 3 rings (SSSR count). The minimum atomic E-state index is -0.927. The van der Waals surface area contributed by atoms with Crippen molar-refractivity contribution in [1.82, 2.24) is 5.32 Å². The molecular formula is C19H17NO5. The molecule has 1 N–H and O–H groups in total. The number of fused-ring (bicyclic) bond motifs is 1. The predicted molar refractivity (Wildman–Crippen MR) is 88.8 cm³/mol. The number of methoxy groups -OCH3 is 1. The van der Waals surface area contributed by atoms with Gasteiger partial charge in [0, 0.05) is 0 Å². The minimum absolute atomic E-state index is 0.0651. The number of esters is 2. The smallest absolute Gasteiger partial charge is 0.338 e. The molecule has 0 aliphatic carbocycles. The van der Waals surface area contributed by atoms with E-state index in [1.807, 2.05) is 6.07 Å². The Labute approximate surface area is 144 Å². The van der Waals surface area contributed by atoms with E-state index >= 15 is 0 Å². The van der Waals surface area contributed by atoms with Gasteiger partial charge >= 0.3 is 11.9 Å². The lowest BCUT2D eigenvalue weighted by molar-refractivity contribution is -0.145. The molecule has 2 atom stereocenters. The molecule has 2 unspecified atom stereocenters. The van der Waals surface area contributed by atoms with Gasteiger partial charge in [-0.1, -0.05) is 48.5 Å². The van der Waals surface area contributed by atoms with Crippen LogP contribution in [0.3, 0.4) is 0 Å². The highest BCUT2D eigenvalue weighted by atomic mass is 16.5. The average molecular weight is 339 g/mol. The molecule has 128 valence electrons. The van der Waals surface area contributed by atoms with Crippen LogP contribution in [0.25, 0.3) is 0 Å². The summed E-state index contributed by atoms with van der Waals surface area (Å²) in [5, 5.41) is 2.70. The number of carbonyl (C=O) groups excluding carboxylic acids is 3. The van der Waals surface area contributed by atoms with Crippen molar-refractivity contribution >= 4 is 17.8 Å². The monoisotopic (exact) mass is 339 g/mol. The van der Waals surface area contributed by atoms with Gasteiger partial charge in [0.2, 0.25) is 5.91 Å². The maximum Gasteiger partial charge on any atom is 0.338 e. The molecule has 2 aromatic rings. The first-order valence-electron chi connectivity index (χ1n) is 7.81. The van der Waals surface area contributed by atoms with Gasteiger partial charge < -0.3 is 14.8 Å². The Balaban J connectivity index is 1.86. The lowest BCUT2D eigenvalue weighted by Gasteiger charge is -2.26. The number of carbonyl (C=O) groups is 3. The van der Waals surface area contributed by atoms with Crippen LogP contribution in [0.1, 0.15) is 33.4 Å². The van der Waals surface area contributed by atoms with E-state index in [0.29, 0.717) is 16.7 Å². The van der Waals surface area contributed by atoms with Crippen LogP contribution in [0.2, 0.25) is 0 Å². The van der Waals surface area contributed by atoms with Crippen molar-refractivity contribution < 1.29 is 23.9 Å². The lowest BCUT2D eigenvalue weighted by Crippen LogP contribution is -2.40. The molecule has 2 aromatic carbocycles. The number of cyclic esters (lactones) is 1. The number of benzene rings is 2. The second-order valence-corrected chi connectivity index (χ2v) is 5.61. The zero-order valence-corrected chi connectivity index (χ0v) is 13.6. The third-order valence-corrected chi connectivity index (χ3v) is 4.11. The van der Waals surface area contributed by atoms with E-state index in [4.69, 9.17) is 9.47 Å². The van der Waals surface area contributed by atoms with Gasteiger partial charge in [-0.25, -0.2) is 9.59 Å². The van der Waals surface area contributed by atoms with Crippen LogP contribution < -0.4 is 5.32 Å². The number of ether oxygens (including phenoxy) is 2. The van der Waals surface area contributed by atoms with Gasteiger partial charge in [-0.15, -0.1) is 0 Å². The Bertz CT molecular complexity index is 802. The summed E-state index contributed by atoms with van der Waals surface area (Å²) in [6.07, 6.45) is 0. The minimum Gasteiger partial charge on any atom is -0.467 e. The second kappa shape index (κ2) is 7.17. The fraction of sp³-hybridized carbons (Fsp3) is 0.211. The first kappa shape index (κ1) is 16.7. The fourth-order valence-electron chi connectivity index (χ4n) is 2.81. The van der Waals surface area contributed by atoms with Gasteiger partial charge in [0.25, 0.3) is 0 Å². The number of rotatable bonds is 4. The van der Waals surface area contributed by atoms with Crippen LogP contribution >= 0.6 is 0 Å². The van der Waals surface area contributed by atoms with Crippen LogP contribution in [-0.4, -0.2) is 31.6 Å². The van der Waals surface area contributed by atoms with Crippen molar-refractivity contribution in [3.05, 3.63) is 71.3 Å². The van der Waals surface area contributed by atoms with Gasteiger partial charge in [-0.2, -0.15) is 0 Å². The fourth-order valence-corrected chi connectivity index (χ4v) is 2.81. The second-order valence-electron chi connectivity index (χ2n) is 5.61. The molecule has 0 fully saturated rings.